The molecule has 0 saturated heterocycles. The monoisotopic (exact) mass is 183 g/mol. The van der Waals surface area contributed by atoms with Crippen molar-refractivity contribution in [2.45, 2.75) is 40.0 Å². The molecule has 0 aromatic rings. The molecule has 0 aliphatic rings. The van der Waals surface area contributed by atoms with Crippen LogP contribution in [-0.4, -0.2) is 11.6 Å². The van der Waals surface area contributed by atoms with Gasteiger partial charge in [0.2, 0.25) is 0 Å². The molecule has 0 spiro atoms. The highest BCUT2D eigenvalue weighted by Gasteiger charge is 2.11. The summed E-state index contributed by atoms with van der Waals surface area (Å²) in [5.41, 5.74) is 0. The minimum Gasteiger partial charge on any atom is -0.299 e. The molecule has 0 N–H and O–H groups in total. The second kappa shape index (κ2) is 5.90. The van der Waals surface area contributed by atoms with Crippen LogP contribution < -0.4 is 0 Å². The molecule has 0 aliphatic carbocycles. The molecule has 0 saturated carbocycles. The van der Waals surface area contributed by atoms with E-state index in [0.29, 0.717) is 18.8 Å². The van der Waals surface area contributed by atoms with Crippen molar-refractivity contribution in [1.82, 2.24) is 0 Å². The maximum Gasteiger partial charge on any atom is 0.140 e. The molecule has 0 aromatic carbocycles. The smallest absolute Gasteiger partial charge is 0.140 e. The Morgan fingerprint density at radius 2 is 1.54 bits per heavy atom. The van der Waals surface area contributed by atoms with E-state index in [1.165, 1.54) is 0 Å². The van der Waals surface area contributed by atoms with Crippen molar-refractivity contribution in [3.63, 3.8) is 0 Å². The minimum absolute atomic E-state index is 0.0214. The zero-order chi connectivity index (χ0) is 10.4. The Balaban J connectivity index is 3.72. The maximum atomic E-state index is 11.2. The Kier molecular flexibility index (Phi) is 5.60. The summed E-state index contributed by atoms with van der Waals surface area (Å²) in [4.78, 5) is 22.4. The van der Waals surface area contributed by atoms with E-state index in [9.17, 15) is 9.59 Å². The van der Waals surface area contributed by atoms with Crippen molar-refractivity contribution in [3.8, 4) is 0 Å². The molecule has 0 rings (SSSR count). The summed E-state index contributed by atoms with van der Waals surface area (Å²) in [7, 11) is 0. The second-order valence-corrected chi connectivity index (χ2v) is 4.16. The first kappa shape index (κ1) is 12.3. The van der Waals surface area contributed by atoms with Crippen LogP contribution in [0.3, 0.4) is 0 Å². The largest absolute Gasteiger partial charge is 0.299 e. The van der Waals surface area contributed by atoms with Crippen molar-refractivity contribution >= 4 is 11.6 Å². The SMILES string of the molecule is [CH2]C(C)CC(=O)CC(=O)CC(C)C. The summed E-state index contributed by atoms with van der Waals surface area (Å²) in [5, 5.41) is 0. The molecule has 0 aromatic heterocycles. The van der Waals surface area contributed by atoms with Gasteiger partial charge >= 0.3 is 0 Å². The molecule has 1 unspecified atom stereocenters. The van der Waals surface area contributed by atoms with E-state index in [-0.39, 0.29) is 23.9 Å². The van der Waals surface area contributed by atoms with Crippen molar-refractivity contribution in [2.75, 3.05) is 0 Å². The fourth-order valence-corrected chi connectivity index (χ4v) is 1.21. The Morgan fingerprint density at radius 1 is 1.08 bits per heavy atom. The van der Waals surface area contributed by atoms with Gasteiger partial charge in [-0.2, -0.15) is 0 Å². The first-order valence-corrected chi connectivity index (χ1v) is 4.78. The van der Waals surface area contributed by atoms with Gasteiger partial charge in [0.05, 0.1) is 6.42 Å². The van der Waals surface area contributed by atoms with Gasteiger partial charge in [0, 0.05) is 12.8 Å². The van der Waals surface area contributed by atoms with Gasteiger partial charge in [-0.25, -0.2) is 0 Å². The van der Waals surface area contributed by atoms with Crippen LogP contribution in [0.5, 0.6) is 0 Å². The molecule has 2 heteroatoms. The zero-order valence-corrected chi connectivity index (χ0v) is 8.80. The number of hydrogen-bond acceptors (Lipinski definition) is 2. The lowest BCUT2D eigenvalue weighted by molar-refractivity contribution is -0.127. The minimum atomic E-state index is 0.0214. The van der Waals surface area contributed by atoms with Gasteiger partial charge in [0.1, 0.15) is 11.6 Å². The van der Waals surface area contributed by atoms with Crippen LogP contribution in [0.25, 0.3) is 0 Å². The van der Waals surface area contributed by atoms with E-state index in [2.05, 4.69) is 6.92 Å². The highest BCUT2D eigenvalue weighted by atomic mass is 16.1. The summed E-state index contributed by atoms with van der Waals surface area (Å²) in [6.07, 6.45) is 1.03. The fraction of sp³-hybridized carbons (Fsp3) is 0.727. The molecule has 0 amide bonds. The molecule has 1 radical (unpaired) electrons. The van der Waals surface area contributed by atoms with E-state index in [0.717, 1.165) is 0 Å². The van der Waals surface area contributed by atoms with Gasteiger partial charge in [-0.3, -0.25) is 9.59 Å². The predicted octanol–water partition coefficient (Wildman–Crippen LogP) is 2.42. The summed E-state index contributed by atoms with van der Waals surface area (Å²) >= 11 is 0. The van der Waals surface area contributed by atoms with E-state index in [4.69, 9.17) is 0 Å². The Bertz CT molecular complexity index is 161. The summed E-state index contributed by atoms with van der Waals surface area (Å²) in [6.45, 7) is 9.55. The molecule has 0 fully saturated rings. The normalized spacial score (nSPS) is 10.9. The number of carbonyl (C=O) groups excluding carboxylic acids is 2. The van der Waals surface area contributed by atoms with Crippen LogP contribution in [0.2, 0.25) is 0 Å². The number of Topliss-reactive ketones (excluding diaryl/α,β-unsaturated/α-hetero) is 2. The van der Waals surface area contributed by atoms with E-state index < -0.39 is 0 Å². The number of carbonyl (C=O) groups is 2. The lowest BCUT2D eigenvalue weighted by Gasteiger charge is -2.04. The third kappa shape index (κ3) is 7.69. The van der Waals surface area contributed by atoms with Gasteiger partial charge in [0.15, 0.2) is 0 Å². The van der Waals surface area contributed by atoms with Crippen LogP contribution in [0.15, 0.2) is 0 Å². The average molecular weight is 183 g/mol. The lowest BCUT2D eigenvalue weighted by atomic mass is 9.99. The van der Waals surface area contributed by atoms with Crippen LogP contribution in [0, 0.1) is 18.8 Å². The first-order chi connectivity index (χ1) is 5.91. The lowest BCUT2D eigenvalue weighted by Crippen LogP contribution is -2.11. The molecule has 0 bridgehead atoms. The Labute approximate surface area is 80.7 Å². The molecule has 1 atom stereocenters. The van der Waals surface area contributed by atoms with Crippen molar-refractivity contribution in [3.05, 3.63) is 6.92 Å². The molecular formula is C11H19O2. The summed E-state index contributed by atoms with van der Waals surface area (Å²) in [6, 6.07) is 0. The van der Waals surface area contributed by atoms with Crippen LogP contribution in [0.1, 0.15) is 40.0 Å². The maximum absolute atomic E-state index is 11.2. The Morgan fingerprint density at radius 3 is 1.92 bits per heavy atom. The molecule has 0 aliphatic heterocycles. The predicted molar refractivity (Wildman–Crippen MR) is 53.2 cm³/mol. The van der Waals surface area contributed by atoms with Crippen LogP contribution >= 0.6 is 0 Å². The van der Waals surface area contributed by atoms with E-state index >= 15 is 0 Å². The fourth-order valence-electron chi connectivity index (χ4n) is 1.21. The highest BCUT2D eigenvalue weighted by Crippen LogP contribution is 2.07. The van der Waals surface area contributed by atoms with Gasteiger partial charge in [-0.05, 0) is 11.8 Å². The standard InChI is InChI=1S/C11H19O2/c1-8(2)5-10(12)7-11(13)6-9(3)4/h8-9H,1,5-7H2,2-4H3. The molecule has 75 valence electrons. The highest BCUT2D eigenvalue weighted by molar-refractivity contribution is 5.99. The van der Waals surface area contributed by atoms with E-state index in [1.54, 1.807) is 0 Å². The van der Waals surface area contributed by atoms with Gasteiger partial charge in [-0.1, -0.05) is 27.7 Å². The van der Waals surface area contributed by atoms with E-state index in [1.807, 2.05) is 20.8 Å². The third-order valence-electron chi connectivity index (χ3n) is 1.61. The van der Waals surface area contributed by atoms with Crippen molar-refractivity contribution in [2.24, 2.45) is 11.8 Å². The van der Waals surface area contributed by atoms with Gasteiger partial charge < -0.3 is 0 Å². The number of ketones is 2. The molecular weight excluding hydrogens is 164 g/mol. The summed E-state index contributed by atoms with van der Waals surface area (Å²) < 4.78 is 0. The first-order valence-electron chi connectivity index (χ1n) is 4.78. The molecule has 0 heterocycles. The van der Waals surface area contributed by atoms with Crippen LogP contribution in [-0.2, 0) is 9.59 Å². The van der Waals surface area contributed by atoms with Gasteiger partial charge in [0.25, 0.3) is 0 Å². The Hall–Kier alpha value is -0.660. The molecule has 2 nitrogen and oxygen atoms in total. The third-order valence-corrected chi connectivity index (χ3v) is 1.61. The zero-order valence-electron chi connectivity index (χ0n) is 8.80. The average Bonchev–Trinajstić information content (AvgIpc) is 1.80. The van der Waals surface area contributed by atoms with Gasteiger partial charge in [-0.15, -0.1) is 0 Å². The van der Waals surface area contributed by atoms with Crippen molar-refractivity contribution in [1.29, 1.82) is 0 Å². The second-order valence-electron chi connectivity index (χ2n) is 4.16. The van der Waals surface area contributed by atoms with Crippen molar-refractivity contribution < 1.29 is 9.59 Å². The number of rotatable bonds is 6. The number of hydrogen-bond donors (Lipinski definition) is 0. The quantitative estimate of drug-likeness (QED) is 0.593. The van der Waals surface area contributed by atoms with Crippen LogP contribution in [0.4, 0.5) is 0 Å². The topological polar surface area (TPSA) is 34.1 Å². The molecule has 13 heavy (non-hydrogen) atoms. The summed E-state index contributed by atoms with van der Waals surface area (Å²) in [5.74, 6) is 0.533.